The second-order valence-electron chi connectivity index (χ2n) is 4.89. The van der Waals surface area contributed by atoms with Crippen molar-refractivity contribution in [1.82, 2.24) is 15.6 Å². The van der Waals surface area contributed by atoms with E-state index in [1.807, 2.05) is 12.3 Å². The van der Waals surface area contributed by atoms with Gasteiger partial charge in [0, 0.05) is 24.2 Å². The van der Waals surface area contributed by atoms with Crippen molar-refractivity contribution in [3.8, 4) is 0 Å². The average molecular weight is 241 g/mol. The van der Waals surface area contributed by atoms with Crippen LogP contribution in [0.4, 0.5) is 0 Å². The molecule has 0 aliphatic carbocycles. The van der Waals surface area contributed by atoms with Gasteiger partial charge in [0.15, 0.2) is 0 Å². The summed E-state index contributed by atoms with van der Waals surface area (Å²) in [4.78, 5) is 4.40. The van der Waals surface area contributed by atoms with Gasteiger partial charge in [0.25, 0.3) is 0 Å². The van der Waals surface area contributed by atoms with E-state index >= 15 is 0 Å². The molecule has 1 fully saturated rings. The molecular formula is C15H19N3. The van der Waals surface area contributed by atoms with Gasteiger partial charge >= 0.3 is 0 Å². The lowest BCUT2D eigenvalue weighted by Crippen LogP contribution is -2.39. The highest BCUT2D eigenvalue weighted by Gasteiger charge is 2.12. The summed E-state index contributed by atoms with van der Waals surface area (Å²) in [6.07, 6.45) is 4.35. The highest BCUT2D eigenvalue weighted by atomic mass is 15.0. The third-order valence-electron chi connectivity index (χ3n) is 3.66. The van der Waals surface area contributed by atoms with Gasteiger partial charge in [-0.05, 0) is 43.6 Å². The van der Waals surface area contributed by atoms with Gasteiger partial charge in [0.1, 0.15) is 0 Å². The molecule has 0 spiro atoms. The molecule has 1 aromatic carbocycles. The summed E-state index contributed by atoms with van der Waals surface area (Å²) in [6.45, 7) is 3.21. The van der Waals surface area contributed by atoms with Gasteiger partial charge in [-0.1, -0.05) is 18.2 Å². The van der Waals surface area contributed by atoms with Gasteiger partial charge in [-0.25, -0.2) is 0 Å². The molecule has 0 radical (unpaired) electrons. The molecule has 1 aliphatic rings. The number of nitrogens with one attached hydrogen (secondary N) is 2. The minimum atomic E-state index is 0.651. The molecule has 0 amide bonds. The van der Waals surface area contributed by atoms with Crippen LogP contribution >= 0.6 is 0 Å². The predicted octanol–water partition coefficient (Wildman–Crippen LogP) is 2.08. The summed E-state index contributed by atoms with van der Waals surface area (Å²) in [6, 6.07) is 11.1. The minimum absolute atomic E-state index is 0.651. The number of pyridine rings is 1. The molecular weight excluding hydrogens is 222 g/mol. The lowest BCUT2D eigenvalue weighted by atomic mass is 10.1. The van der Waals surface area contributed by atoms with Crippen molar-refractivity contribution in [2.24, 2.45) is 0 Å². The second-order valence-corrected chi connectivity index (χ2v) is 4.89. The van der Waals surface area contributed by atoms with E-state index in [1.165, 1.54) is 23.8 Å². The number of hydrogen-bond donors (Lipinski definition) is 2. The monoisotopic (exact) mass is 241 g/mol. The van der Waals surface area contributed by atoms with E-state index < -0.39 is 0 Å². The lowest BCUT2D eigenvalue weighted by molar-refractivity contribution is 0.387. The zero-order valence-corrected chi connectivity index (χ0v) is 10.5. The zero-order valence-electron chi connectivity index (χ0n) is 10.5. The van der Waals surface area contributed by atoms with E-state index in [9.17, 15) is 0 Å². The summed E-state index contributed by atoms with van der Waals surface area (Å²) in [7, 11) is 0. The van der Waals surface area contributed by atoms with Crippen LogP contribution in [0, 0.1) is 0 Å². The fraction of sp³-hybridized carbons (Fsp3) is 0.400. The number of piperidine rings is 1. The van der Waals surface area contributed by atoms with Gasteiger partial charge in [0.05, 0.1) is 5.52 Å². The lowest BCUT2D eigenvalue weighted by Gasteiger charge is -2.24. The molecule has 2 N–H and O–H groups in total. The van der Waals surface area contributed by atoms with E-state index in [2.05, 4.69) is 39.9 Å². The fourth-order valence-corrected chi connectivity index (χ4v) is 2.59. The molecule has 3 nitrogen and oxygen atoms in total. The first-order valence-electron chi connectivity index (χ1n) is 6.70. The Labute approximate surface area is 108 Å². The van der Waals surface area contributed by atoms with Crippen LogP contribution in [-0.4, -0.2) is 24.1 Å². The largest absolute Gasteiger partial charge is 0.317 e. The third kappa shape index (κ3) is 2.52. The third-order valence-corrected chi connectivity index (χ3v) is 3.66. The molecule has 0 unspecified atom stereocenters. The Kier molecular flexibility index (Phi) is 3.53. The summed E-state index contributed by atoms with van der Waals surface area (Å²) in [5.41, 5.74) is 2.43. The Morgan fingerprint density at radius 2 is 2.00 bits per heavy atom. The molecule has 3 heteroatoms. The Bertz CT molecular complexity index is 513. The summed E-state index contributed by atoms with van der Waals surface area (Å²) in [5.74, 6) is 0. The molecule has 1 saturated heterocycles. The van der Waals surface area contributed by atoms with Gasteiger partial charge < -0.3 is 10.6 Å². The number of para-hydroxylation sites is 1. The van der Waals surface area contributed by atoms with E-state index in [0.717, 1.165) is 25.2 Å². The highest BCUT2D eigenvalue weighted by Crippen LogP contribution is 2.16. The SMILES string of the molecule is c1ccc2c(CNC3CCNCC3)ccnc2c1. The van der Waals surface area contributed by atoms with Crippen molar-refractivity contribution in [3.05, 3.63) is 42.1 Å². The van der Waals surface area contributed by atoms with Crippen LogP contribution in [0.5, 0.6) is 0 Å². The first-order valence-corrected chi connectivity index (χ1v) is 6.70. The summed E-state index contributed by atoms with van der Waals surface area (Å²) in [5, 5.41) is 8.32. The molecule has 1 aromatic heterocycles. The molecule has 0 bridgehead atoms. The molecule has 1 aliphatic heterocycles. The maximum atomic E-state index is 4.40. The van der Waals surface area contributed by atoms with Gasteiger partial charge in [-0.2, -0.15) is 0 Å². The minimum Gasteiger partial charge on any atom is -0.317 e. The van der Waals surface area contributed by atoms with Crippen LogP contribution in [0.1, 0.15) is 18.4 Å². The van der Waals surface area contributed by atoms with Crippen LogP contribution in [0.2, 0.25) is 0 Å². The molecule has 0 saturated carbocycles. The fourth-order valence-electron chi connectivity index (χ4n) is 2.59. The molecule has 2 heterocycles. The van der Waals surface area contributed by atoms with Crippen molar-refractivity contribution < 1.29 is 0 Å². The van der Waals surface area contributed by atoms with Crippen molar-refractivity contribution in [1.29, 1.82) is 0 Å². The number of hydrogen-bond acceptors (Lipinski definition) is 3. The van der Waals surface area contributed by atoms with Crippen molar-refractivity contribution >= 4 is 10.9 Å². The van der Waals surface area contributed by atoms with Crippen LogP contribution in [0.3, 0.4) is 0 Å². The van der Waals surface area contributed by atoms with Crippen molar-refractivity contribution in [2.45, 2.75) is 25.4 Å². The van der Waals surface area contributed by atoms with Crippen LogP contribution in [0.25, 0.3) is 10.9 Å². The first-order chi connectivity index (χ1) is 8.93. The number of fused-ring (bicyclic) bond motifs is 1. The van der Waals surface area contributed by atoms with Crippen LogP contribution < -0.4 is 10.6 Å². The summed E-state index contributed by atoms with van der Waals surface area (Å²) >= 11 is 0. The summed E-state index contributed by atoms with van der Waals surface area (Å²) < 4.78 is 0. The zero-order chi connectivity index (χ0) is 12.2. The van der Waals surface area contributed by atoms with Gasteiger partial charge in [-0.15, -0.1) is 0 Å². The topological polar surface area (TPSA) is 37.0 Å². The smallest absolute Gasteiger partial charge is 0.0705 e. The normalized spacial score (nSPS) is 17.1. The predicted molar refractivity (Wildman–Crippen MR) is 74.5 cm³/mol. The maximum absolute atomic E-state index is 4.40. The Morgan fingerprint density at radius 3 is 2.89 bits per heavy atom. The van der Waals surface area contributed by atoms with Crippen LogP contribution in [-0.2, 0) is 6.54 Å². The van der Waals surface area contributed by atoms with E-state index in [-0.39, 0.29) is 0 Å². The van der Waals surface area contributed by atoms with Gasteiger partial charge in [-0.3, -0.25) is 4.98 Å². The molecule has 3 rings (SSSR count). The molecule has 18 heavy (non-hydrogen) atoms. The number of aromatic nitrogens is 1. The number of rotatable bonds is 3. The Hall–Kier alpha value is -1.45. The first kappa shape index (κ1) is 11.6. The molecule has 0 atom stereocenters. The van der Waals surface area contributed by atoms with E-state index in [4.69, 9.17) is 0 Å². The van der Waals surface area contributed by atoms with E-state index in [0.29, 0.717) is 6.04 Å². The molecule has 94 valence electrons. The average Bonchev–Trinajstić information content (AvgIpc) is 2.46. The van der Waals surface area contributed by atoms with Crippen LogP contribution in [0.15, 0.2) is 36.5 Å². The maximum Gasteiger partial charge on any atom is 0.0705 e. The quantitative estimate of drug-likeness (QED) is 0.864. The van der Waals surface area contributed by atoms with E-state index in [1.54, 1.807) is 0 Å². The van der Waals surface area contributed by atoms with Gasteiger partial charge in [0.2, 0.25) is 0 Å². The number of nitrogens with zero attached hydrogens (tertiary/aromatic N) is 1. The standard InChI is InChI=1S/C15H19N3/c1-2-4-15-14(3-1)12(5-10-17-15)11-18-13-6-8-16-9-7-13/h1-5,10,13,16,18H,6-9,11H2. The van der Waals surface area contributed by atoms with Crippen molar-refractivity contribution in [3.63, 3.8) is 0 Å². The Balaban J connectivity index is 1.74. The molecule has 2 aromatic rings. The second kappa shape index (κ2) is 5.46. The Morgan fingerprint density at radius 1 is 1.17 bits per heavy atom. The van der Waals surface area contributed by atoms with Crippen molar-refractivity contribution in [2.75, 3.05) is 13.1 Å². The number of benzene rings is 1. The highest BCUT2D eigenvalue weighted by molar-refractivity contribution is 5.81.